The molecule has 2 unspecified atom stereocenters. The number of rotatable bonds is 3. The molecule has 1 aliphatic carbocycles. The lowest BCUT2D eigenvalue weighted by atomic mass is 9.94. The Kier molecular flexibility index (Phi) is 5.06. The summed E-state index contributed by atoms with van der Waals surface area (Å²) in [6, 6.07) is 0. The van der Waals surface area contributed by atoms with Crippen molar-refractivity contribution in [3.8, 4) is 0 Å². The third-order valence-corrected chi connectivity index (χ3v) is 3.57. The highest BCUT2D eigenvalue weighted by Gasteiger charge is 2.20. The van der Waals surface area contributed by atoms with Gasteiger partial charge >= 0.3 is 0 Å². The van der Waals surface area contributed by atoms with Crippen molar-refractivity contribution in [2.24, 2.45) is 5.92 Å². The van der Waals surface area contributed by atoms with Gasteiger partial charge in [0.15, 0.2) is 0 Å². The van der Waals surface area contributed by atoms with Crippen molar-refractivity contribution in [1.29, 1.82) is 0 Å². The van der Waals surface area contributed by atoms with Crippen molar-refractivity contribution >= 4 is 11.6 Å². The Balaban J connectivity index is 2.26. The van der Waals surface area contributed by atoms with Gasteiger partial charge in [0, 0.05) is 5.38 Å². The van der Waals surface area contributed by atoms with Crippen molar-refractivity contribution < 1.29 is 0 Å². The summed E-state index contributed by atoms with van der Waals surface area (Å²) in [5.74, 6) is 0.828. The Hall–Kier alpha value is 0.290. The lowest BCUT2D eigenvalue weighted by Gasteiger charge is -2.18. The average molecular weight is 189 g/mol. The van der Waals surface area contributed by atoms with E-state index in [1.807, 2.05) is 0 Å². The zero-order chi connectivity index (χ0) is 8.81. The van der Waals surface area contributed by atoms with Crippen molar-refractivity contribution in [2.75, 3.05) is 0 Å². The van der Waals surface area contributed by atoms with Crippen LogP contribution in [-0.2, 0) is 0 Å². The van der Waals surface area contributed by atoms with Gasteiger partial charge in [0.1, 0.15) is 0 Å². The zero-order valence-electron chi connectivity index (χ0n) is 8.19. The molecule has 1 saturated carbocycles. The maximum Gasteiger partial charge on any atom is 0.0364 e. The molecular weight excluding hydrogens is 168 g/mol. The van der Waals surface area contributed by atoms with E-state index in [1.165, 1.54) is 51.4 Å². The molecule has 0 aromatic carbocycles. The first kappa shape index (κ1) is 10.4. The summed E-state index contributed by atoms with van der Waals surface area (Å²) in [6.45, 7) is 2.26. The topological polar surface area (TPSA) is 0 Å². The van der Waals surface area contributed by atoms with E-state index in [0.717, 1.165) is 5.92 Å². The fourth-order valence-electron chi connectivity index (χ4n) is 2.13. The Labute approximate surface area is 81.7 Å². The van der Waals surface area contributed by atoms with Crippen LogP contribution >= 0.6 is 11.6 Å². The Morgan fingerprint density at radius 3 is 2.67 bits per heavy atom. The van der Waals surface area contributed by atoms with Crippen LogP contribution in [0.25, 0.3) is 0 Å². The van der Waals surface area contributed by atoms with Gasteiger partial charge in [-0.25, -0.2) is 0 Å². The van der Waals surface area contributed by atoms with Gasteiger partial charge < -0.3 is 0 Å². The van der Waals surface area contributed by atoms with Gasteiger partial charge in [-0.05, 0) is 25.2 Å². The summed E-state index contributed by atoms with van der Waals surface area (Å²) < 4.78 is 0. The largest absolute Gasteiger partial charge is 0.123 e. The predicted octanol–water partition coefficient (Wildman–Crippen LogP) is 4.36. The van der Waals surface area contributed by atoms with Gasteiger partial charge in [0.05, 0.1) is 0 Å². The average Bonchev–Trinajstić information content (AvgIpc) is 2.27. The molecule has 0 nitrogen and oxygen atoms in total. The molecule has 0 saturated heterocycles. The number of hydrogen-bond donors (Lipinski definition) is 0. The summed E-state index contributed by atoms with van der Waals surface area (Å²) in [7, 11) is 0. The molecule has 0 amide bonds. The number of halogens is 1. The summed E-state index contributed by atoms with van der Waals surface area (Å²) in [5, 5.41) is 0.485. The van der Waals surface area contributed by atoms with Gasteiger partial charge in [0.2, 0.25) is 0 Å². The van der Waals surface area contributed by atoms with Crippen LogP contribution in [0.15, 0.2) is 0 Å². The minimum absolute atomic E-state index is 0.485. The maximum atomic E-state index is 6.32. The van der Waals surface area contributed by atoms with E-state index in [0.29, 0.717) is 5.38 Å². The highest BCUT2D eigenvalue weighted by atomic mass is 35.5. The first-order valence-electron chi connectivity index (χ1n) is 5.48. The standard InChI is InChI=1S/C11H21Cl/c1-2-3-7-10-8-5-4-6-9-11(10)12/h10-11H,2-9H2,1H3. The zero-order valence-corrected chi connectivity index (χ0v) is 8.95. The monoisotopic (exact) mass is 188 g/mol. The van der Waals surface area contributed by atoms with Crippen LogP contribution in [0.2, 0.25) is 0 Å². The quantitative estimate of drug-likeness (QED) is 0.456. The van der Waals surface area contributed by atoms with Gasteiger partial charge in [-0.15, -0.1) is 11.6 Å². The second kappa shape index (κ2) is 5.85. The number of hydrogen-bond acceptors (Lipinski definition) is 0. The third-order valence-electron chi connectivity index (χ3n) is 2.99. The SMILES string of the molecule is CCCCC1CCCCCC1Cl. The van der Waals surface area contributed by atoms with Crippen LogP contribution < -0.4 is 0 Å². The molecule has 0 aliphatic heterocycles. The van der Waals surface area contributed by atoms with Crippen molar-refractivity contribution in [1.82, 2.24) is 0 Å². The van der Waals surface area contributed by atoms with E-state index < -0.39 is 0 Å². The van der Waals surface area contributed by atoms with Crippen LogP contribution in [0.4, 0.5) is 0 Å². The molecule has 0 heterocycles. The lowest BCUT2D eigenvalue weighted by Crippen LogP contribution is -2.12. The summed E-state index contributed by atoms with van der Waals surface area (Å²) in [4.78, 5) is 0. The Bertz CT molecular complexity index is 112. The van der Waals surface area contributed by atoms with E-state index in [-0.39, 0.29) is 0 Å². The van der Waals surface area contributed by atoms with Crippen LogP contribution in [0.5, 0.6) is 0 Å². The van der Waals surface area contributed by atoms with E-state index in [1.54, 1.807) is 0 Å². The van der Waals surface area contributed by atoms with E-state index in [4.69, 9.17) is 11.6 Å². The van der Waals surface area contributed by atoms with E-state index >= 15 is 0 Å². The van der Waals surface area contributed by atoms with Gasteiger partial charge in [-0.1, -0.05) is 39.0 Å². The van der Waals surface area contributed by atoms with Crippen LogP contribution in [0, 0.1) is 5.92 Å². The predicted molar refractivity (Wildman–Crippen MR) is 55.7 cm³/mol. The molecule has 1 rings (SSSR count). The van der Waals surface area contributed by atoms with Gasteiger partial charge in [-0.3, -0.25) is 0 Å². The second-order valence-corrected chi connectivity index (χ2v) is 4.62. The molecule has 72 valence electrons. The van der Waals surface area contributed by atoms with E-state index in [9.17, 15) is 0 Å². The molecule has 1 heteroatoms. The first-order valence-corrected chi connectivity index (χ1v) is 5.92. The maximum absolute atomic E-state index is 6.32. The van der Waals surface area contributed by atoms with Crippen molar-refractivity contribution in [3.63, 3.8) is 0 Å². The van der Waals surface area contributed by atoms with Crippen molar-refractivity contribution in [3.05, 3.63) is 0 Å². The normalized spacial score (nSPS) is 31.5. The fourth-order valence-corrected chi connectivity index (χ4v) is 2.54. The molecule has 0 bridgehead atoms. The Morgan fingerprint density at radius 1 is 1.17 bits per heavy atom. The second-order valence-electron chi connectivity index (χ2n) is 4.06. The highest BCUT2D eigenvalue weighted by Crippen LogP contribution is 2.30. The summed E-state index contributed by atoms with van der Waals surface area (Å²) in [5.41, 5.74) is 0. The fraction of sp³-hybridized carbons (Fsp3) is 1.00. The molecule has 0 radical (unpaired) electrons. The lowest BCUT2D eigenvalue weighted by molar-refractivity contribution is 0.420. The van der Waals surface area contributed by atoms with Crippen molar-refractivity contribution in [2.45, 2.75) is 63.7 Å². The molecule has 2 atom stereocenters. The molecule has 0 spiro atoms. The third kappa shape index (κ3) is 3.35. The summed E-state index contributed by atoms with van der Waals surface area (Å²) >= 11 is 6.32. The molecule has 0 aromatic heterocycles. The molecule has 12 heavy (non-hydrogen) atoms. The molecule has 1 fully saturated rings. The summed E-state index contributed by atoms with van der Waals surface area (Å²) in [6.07, 6.45) is 10.9. The number of unbranched alkanes of at least 4 members (excludes halogenated alkanes) is 1. The van der Waals surface area contributed by atoms with Gasteiger partial charge in [-0.2, -0.15) is 0 Å². The number of alkyl halides is 1. The minimum atomic E-state index is 0.485. The minimum Gasteiger partial charge on any atom is -0.123 e. The van der Waals surface area contributed by atoms with Crippen LogP contribution in [0.3, 0.4) is 0 Å². The van der Waals surface area contributed by atoms with E-state index in [2.05, 4.69) is 6.92 Å². The molecule has 0 N–H and O–H groups in total. The van der Waals surface area contributed by atoms with Crippen LogP contribution in [0.1, 0.15) is 58.3 Å². The molecular formula is C11H21Cl. The first-order chi connectivity index (χ1) is 5.84. The smallest absolute Gasteiger partial charge is 0.0364 e. The van der Waals surface area contributed by atoms with Crippen LogP contribution in [-0.4, -0.2) is 5.38 Å². The van der Waals surface area contributed by atoms with Gasteiger partial charge in [0.25, 0.3) is 0 Å². The Morgan fingerprint density at radius 2 is 1.92 bits per heavy atom. The molecule has 1 aliphatic rings. The molecule has 0 aromatic rings. The highest BCUT2D eigenvalue weighted by molar-refractivity contribution is 6.20.